The maximum atomic E-state index is 6.28. The highest BCUT2D eigenvalue weighted by atomic mass is 32.2. The Morgan fingerprint density at radius 3 is 1.68 bits per heavy atom. The van der Waals surface area contributed by atoms with Gasteiger partial charge in [-0.15, -0.1) is 23.5 Å². The van der Waals surface area contributed by atoms with Gasteiger partial charge in [0.25, 0.3) is 0 Å². The van der Waals surface area contributed by atoms with E-state index >= 15 is 0 Å². The molecule has 0 aliphatic heterocycles. The molecule has 4 aromatic rings. The van der Waals surface area contributed by atoms with E-state index < -0.39 is 0 Å². The molecule has 0 aromatic heterocycles. The molecule has 0 bridgehead atoms. The highest BCUT2D eigenvalue weighted by Gasteiger charge is 2.18. The lowest BCUT2D eigenvalue weighted by atomic mass is 10.2. The maximum Gasteiger partial charge on any atom is 0.203 e. The highest BCUT2D eigenvalue weighted by molar-refractivity contribution is 8.17. The van der Waals surface area contributed by atoms with Crippen molar-refractivity contribution in [2.24, 2.45) is 4.40 Å². The van der Waals surface area contributed by atoms with Crippen LogP contribution in [0.2, 0.25) is 0 Å². The summed E-state index contributed by atoms with van der Waals surface area (Å²) in [5.74, 6) is 1.51. The summed E-state index contributed by atoms with van der Waals surface area (Å²) in [7, 11) is 0. The minimum atomic E-state index is 0.198. The van der Waals surface area contributed by atoms with E-state index in [1.54, 1.807) is 0 Å². The molecule has 0 atom stereocenters. The van der Waals surface area contributed by atoms with Crippen LogP contribution in [-0.4, -0.2) is 10.5 Å². The number of hydrogen-bond donors (Lipinski definition) is 0. The number of aryl methyl sites for hydroxylation is 2. The van der Waals surface area contributed by atoms with Gasteiger partial charge in [0.15, 0.2) is 0 Å². The van der Waals surface area contributed by atoms with Crippen LogP contribution in [0, 0.1) is 13.8 Å². The largest absolute Gasteiger partial charge is 0.442 e. The van der Waals surface area contributed by atoms with Crippen molar-refractivity contribution in [1.29, 1.82) is 0 Å². The van der Waals surface area contributed by atoms with Crippen LogP contribution >= 0.6 is 35.5 Å². The molecule has 172 valence electrons. The van der Waals surface area contributed by atoms with E-state index in [4.69, 9.17) is 9.13 Å². The highest BCUT2D eigenvalue weighted by Crippen LogP contribution is 2.38. The fourth-order valence-corrected chi connectivity index (χ4v) is 6.20. The Bertz CT molecular complexity index is 1130. The quantitative estimate of drug-likeness (QED) is 0.0749. The molecule has 0 aliphatic rings. The van der Waals surface area contributed by atoms with Gasteiger partial charge < -0.3 is 4.74 Å². The van der Waals surface area contributed by atoms with E-state index in [0.717, 1.165) is 10.6 Å². The van der Waals surface area contributed by atoms with Crippen LogP contribution in [0.15, 0.2) is 128 Å². The van der Waals surface area contributed by atoms with Crippen molar-refractivity contribution >= 4 is 41.4 Å². The number of ether oxygens (including phenoxy) is 1. The third-order valence-electron chi connectivity index (χ3n) is 4.89. The molecule has 0 saturated carbocycles. The van der Waals surface area contributed by atoms with Crippen molar-refractivity contribution in [1.82, 2.24) is 0 Å². The number of thioether (sulfide) groups is 2. The van der Waals surface area contributed by atoms with Crippen molar-refractivity contribution in [3.63, 3.8) is 0 Å². The predicted octanol–water partition coefficient (Wildman–Crippen LogP) is 9.09. The smallest absolute Gasteiger partial charge is 0.203 e. The minimum Gasteiger partial charge on any atom is -0.442 e. The van der Waals surface area contributed by atoms with Gasteiger partial charge in [-0.25, -0.2) is 0 Å². The van der Waals surface area contributed by atoms with Gasteiger partial charge >= 0.3 is 0 Å². The van der Waals surface area contributed by atoms with Crippen LogP contribution < -0.4 is 4.74 Å². The molecule has 5 heteroatoms. The Morgan fingerprint density at radius 1 is 0.647 bits per heavy atom. The zero-order chi connectivity index (χ0) is 23.6. The Balaban J connectivity index is 1.58. The fraction of sp³-hybridized carbons (Fsp3) is 0.138. The Morgan fingerprint density at radius 2 is 1.15 bits per heavy atom. The van der Waals surface area contributed by atoms with E-state index in [1.807, 2.05) is 72.1 Å². The molecule has 0 radical (unpaired) electrons. The summed E-state index contributed by atoms with van der Waals surface area (Å²) in [6.45, 7) is 4.23. The number of rotatable bonds is 9. The monoisotopic (exact) mass is 501 g/mol. The van der Waals surface area contributed by atoms with Gasteiger partial charge in [0, 0.05) is 33.1 Å². The van der Waals surface area contributed by atoms with Crippen LogP contribution in [0.5, 0.6) is 5.75 Å². The van der Waals surface area contributed by atoms with Gasteiger partial charge in [-0.1, -0.05) is 71.8 Å². The molecule has 0 unspecified atom stereocenters. The van der Waals surface area contributed by atoms with Crippen molar-refractivity contribution in [3.8, 4) is 5.75 Å². The molecule has 34 heavy (non-hydrogen) atoms. The van der Waals surface area contributed by atoms with E-state index in [-0.39, 0.29) is 4.58 Å². The van der Waals surface area contributed by atoms with Gasteiger partial charge in [-0.2, -0.15) is 4.40 Å². The summed E-state index contributed by atoms with van der Waals surface area (Å²) in [6, 6.07) is 37.5. The second kappa shape index (κ2) is 12.7. The van der Waals surface area contributed by atoms with Gasteiger partial charge in [0.1, 0.15) is 5.75 Å². The van der Waals surface area contributed by atoms with Gasteiger partial charge in [-0.3, -0.25) is 0 Å². The van der Waals surface area contributed by atoms with E-state index in [1.165, 1.54) is 32.9 Å². The summed E-state index contributed by atoms with van der Waals surface area (Å²) >= 11 is 5.15. The van der Waals surface area contributed by atoms with Crippen molar-refractivity contribution in [2.45, 2.75) is 39.5 Å². The first-order chi connectivity index (χ1) is 16.6. The van der Waals surface area contributed by atoms with Gasteiger partial charge in [0.05, 0.1) is 4.58 Å². The summed E-state index contributed by atoms with van der Waals surface area (Å²) in [4.78, 5) is 3.57. The molecular formula is C29H27NOS3. The second-order valence-electron chi connectivity index (χ2n) is 7.80. The molecule has 0 aliphatic carbocycles. The number of para-hydroxylation sites is 1. The van der Waals surface area contributed by atoms with Crippen molar-refractivity contribution < 1.29 is 4.74 Å². The van der Waals surface area contributed by atoms with Crippen LogP contribution in [0.4, 0.5) is 0 Å². The van der Waals surface area contributed by atoms with Crippen molar-refractivity contribution in [3.05, 3.63) is 120 Å². The first-order valence-electron chi connectivity index (χ1n) is 11.1. The van der Waals surface area contributed by atoms with Crippen LogP contribution in [-0.2, 0) is 0 Å². The average molecular weight is 502 g/mol. The van der Waals surface area contributed by atoms with Crippen LogP contribution in [0.3, 0.4) is 0 Å². The minimum absolute atomic E-state index is 0.198. The molecule has 0 amide bonds. The van der Waals surface area contributed by atoms with Crippen LogP contribution in [0.25, 0.3) is 0 Å². The molecule has 2 nitrogen and oxygen atoms in total. The zero-order valence-electron chi connectivity index (χ0n) is 19.3. The molecule has 0 saturated heterocycles. The van der Waals surface area contributed by atoms with Gasteiger partial charge in [-0.05, 0) is 62.4 Å². The summed E-state index contributed by atoms with van der Waals surface area (Å²) in [5.41, 5.74) is 2.53. The third-order valence-corrected chi connectivity index (χ3v) is 8.20. The average Bonchev–Trinajstić information content (AvgIpc) is 2.86. The molecule has 0 fully saturated rings. The number of benzene rings is 4. The predicted molar refractivity (Wildman–Crippen MR) is 149 cm³/mol. The first kappa shape index (κ1) is 24.5. The Kier molecular flexibility index (Phi) is 9.19. The fourth-order valence-electron chi connectivity index (χ4n) is 3.09. The summed E-state index contributed by atoms with van der Waals surface area (Å²) in [6.07, 6.45) is 0.686. The standard InChI is InChI=1S/C29H27NOS3/c1-22-13-17-25(18-14-22)32-29(33-26-19-15-23(2)16-20-26)21-28(31-24-9-5-3-6-10-24)30-34-27-11-7-4-8-12-27/h3-20,29H,21H2,1-2H3. The SMILES string of the molecule is Cc1ccc(SC(CC(=NSc2ccccc2)Oc2ccccc2)Sc2ccc(C)cc2)cc1. The molecular weight excluding hydrogens is 475 g/mol. The summed E-state index contributed by atoms with van der Waals surface area (Å²) < 4.78 is 11.3. The van der Waals surface area contributed by atoms with Gasteiger partial charge in [0.2, 0.25) is 5.90 Å². The third kappa shape index (κ3) is 8.01. The normalized spacial score (nSPS) is 11.6. The zero-order valence-corrected chi connectivity index (χ0v) is 21.7. The van der Waals surface area contributed by atoms with Crippen LogP contribution in [0.1, 0.15) is 17.5 Å². The lowest BCUT2D eigenvalue weighted by molar-refractivity contribution is 0.537. The topological polar surface area (TPSA) is 21.6 Å². The molecule has 0 spiro atoms. The summed E-state index contributed by atoms with van der Waals surface area (Å²) in [5, 5.41) is 0. The molecule has 0 heterocycles. The number of nitrogens with zero attached hydrogens (tertiary/aromatic N) is 1. The lowest BCUT2D eigenvalue weighted by Crippen LogP contribution is -2.14. The second-order valence-corrected chi connectivity index (χ2v) is 11.5. The first-order valence-corrected chi connectivity index (χ1v) is 13.7. The number of hydrogen-bond acceptors (Lipinski definition) is 5. The van der Waals surface area contributed by atoms with E-state index in [9.17, 15) is 0 Å². The van der Waals surface area contributed by atoms with E-state index in [2.05, 4.69) is 74.5 Å². The van der Waals surface area contributed by atoms with E-state index in [0.29, 0.717) is 12.3 Å². The molecule has 4 aromatic carbocycles. The molecule has 4 rings (SSSR count). The maximum absolute atomic E-state index is 6.28. The lowest BCUT2D eigenvalue weighted by Gasteiger charge is -2.18. The Labute approximate surface area is 215 Å². The molecule has 0 N–H and O–H groups in total. The van der Waals surface area contributed by atoms with Crippen molar-refractivity contribution in [2.75, 3.05) is 0 Å². The Hall–Kier alpha value is -2.60.